The number of rotatable bonds is 5. The Labute approximate surface area is 143 Å². The van der Waals surface area contributed by atoms with Gasteiger partial charge in [0.05, 0.1) is 12.1 Å². The Bertz CT molecular complexity index is 714. The maximum atomic E-state index is 12.7. The highest BCUT2D eigenvalue weighted by atomic mass is 16.3. The van der Waals surface area contributed by atoms with Crippen molar-refractivity contribution in [1.82, 2.24) is 4.90 Å². The standard InChI is InChI=1S/C20H26N2O2/c1-14(23)12-19-8-5-11-22(19)15(2)20(24)21-18-10-9-16-6-3-4-7-17(16)13-18/h3-4,6-7,9-10,13-15,19,23H,5,8,11-12H2,1-2H3,(H,21,24). The molecule has 1 saturated heterocycles. The molecule has 4 nitrogen and oxygen atoms in total. The largest absolute Gasteiger partial charge is 0.393 e. The van der Waals surface area contributed by atoms with Crippen molar-refractivity contribution in [1.29, 1.82) is 0 Å². The van der Waals surface area contributed by atoms with Crippen molar-refractivity contribution in [3.8, 4) is 0 Å². The maximum absolute atomic E-state index is 12.7. The number of likely N-dealkylation sites (tertiary alicyclic amines) is 1. The summed E-state index contributed by atoms with van der Waals surface area (Å²) in [4.78, 5) is 14.9. The van der Waals surface area contributed by atoms with Crippen molar-refractivity contribution >= 4 is 22.4 Å². The van der Waals surface area contributed by atoms with E-state index in [2.05, 4.69) is 16.3 Å². The van der Waals surface area contributed by atoms with E-state index in [4.69, 9.17) is 0 Å². The lowest BCUT2D eigenvalue weighted by molar-refractivity contribution is -0.121. The molecule has 1 aliphatic heterocycles. The summed E-state index contributed by atoms with van der Waals surface area (Å²) in [5.41, 5.74) is 0.830. The lowest BCUT2D eigenvalue weighted by atomic mass is 10.1. The summed E-state index contributed by atoms with van der Waals surface area (Å²) in [6.07, 6.45) is 2.54. The van der Waals surface area contributed by atoms with E-state index in [1.807, 2.05) is 50.2 Å². The molecule has 1 amide bonds. The Hall–Kier alpha value is -1.91. The molecule has 24 heavy (non-hydrogen) atoms. The van der Waals surface area contributed by atoms with Crippen LogP contribution >= 0.6 is 0 Å². The molecule has 3 unspecified atom stereocenters. The van der Waals surface area contributed by atoms with Gasteiger partial charge >= 0.3 is 0 Å². The molecule has 128 valence electrons. The highest BCUT2D eigenvalue weighted by Gasteiger charge is 2.32. The molecule has 1 aliphatic rings. The van der Waals surface area contributed by atoms with Crippen LogP contribution < -0.4 is 5.32 Å². The summed E-state index contributed by atoms with van der Waals surface area (Å²) in [5.74, 6) is 0.0165. The number of amides is 1. The lowest BCUT2D eigenvalue weighted by Crippen LogP contribution is -2.45. The van der Waals surface area contributed by atoms with Crippen molar-refractivity contribution in [2.24, 2.45) is 0 Å². The minimum atomic E-state index is -0.327. The first kappa shape index (κ1) is 16.9. The fourth-order valence-corrected chi connectivity index (χ4v) is 3.68. The number of hydrogen-bond donors (Lipinski definition) is 2. The summed E-state index contributed by atoms with van der Waals surface area (Å²) >= 11 is 0. The van der Waals surface area contributed by atoms with Crippen molar-refractivity contribution in [3.05, 3.63) is 42.5 Å². The molecule has 0 bridgehead atoms. The zero-order valence-electron chi connectivity index (χ0n) is 14.4. The van der Waals surface area contributed by atoms with Crippen LogP contribution in [0.2, 0.25) is 0 Å². The zero-order chi connectivity index (χ0) is 17.1. The van der Waals surface area contributed by atoms with Crippen molar-refractivity contribution in [3.63, 3.8) is 0 Å². The number of aliphatic hydroxyl groups excluding tert-OH is 1. The number of benzene rings is 2. The quantitative estimate of drug-likeness (QED) is 0.885. The fourth-order valence-electron chi connectivity index (χ4n) is 3.68. The van der Waals surface area contributed by atoms with Crippen LogP contribution in [-0.4, -0.2) is 40.6 Å². The Morgan fingerprint density at radius 3 is 2.75 bits per heavy atom. The van der Waals surface area contributed by atoms with E-state index in [0.29, 0.717) is 6.04 Å². The molecule has 3 rings (SSSR count). The van der Waals surface area contributed by atoms with Crippen LogP contribution in [0, 0.1) is 0 Å². The summed E-state index contributed by atoms with van der Waals surface area (Å²) in [6, 6.07) is 14.2. The van der Waals surface area contributed by atoms with Crippen molar-refractivity contribution in [2.45, 2.75) is 51.3 Å². The SMILES string of the molecule is CC(O)CC1CCCN1C(C)C(=O)Nc1ccc2ccccc2c1. The van der Waals surface area contributed by atoms with Crippen molar-refractivity contribution in [2.75, 3.05) is 11.9 Å². The second-order valence-corrected chi connectivity index (χ2v) is 6.85. The van der Waals surface area contributed by atoms with Gasteiger partial charge in [-0.1, -0.05) is 30.3 Å². The van der Waals surface area contributed by atoms with Crippen LogP contribution in [0.15, 0.2) is 42.5 Å². The summed E-state index contributed by atoms with van der Waals surface area (Å²) in [7, 11) is 0. The molecular weight excluding hydrogens is 300 g/mol. The van der Waals surface area contributed by atoms with Crippen molar-refractivity contribution < 1.29 is 9.90 Å². The Kier molecular flexibility index (Phi) is 5.17. The first-order valence-corrected chi connectivity index (χ1v) is 8.78. The van der Waals surface area contributed by atoms with Crippen LogP contribution in [-0.2, 0) is 4.79 Å². The number of fused-ring (bicyclic) bond motifs is 1. The normalized spacial score (nSPS) is 20.9. The van der Waals surface area contributed by atoms with Gasteiger partial charge in [0.25, 0.3) is 0 Å². The van der Waals surface area contributed by atoms with Gasteiger partial charge in [0.15, 0.2) is 0 Å². The first-order chi connectivity index (χ1) is 11.5. The topological polar surface area (TPSA) is 52.6 Å². The van der Waals surface area contributed by atoms with E-state index in [1.165, 1.54) is 5.39 Å². The molecule has 4 heteroatoms. The highest BCUT2D eigenvalue weighted by Crippen LogP contribution is 2.25. The summed E-state index contributed by atoms with van der Waals surface area (Å²) in [6.45, 7) is 4.69. The Morgan fingerprint density at radius 1 is 1.25 bits per heavy atom. The average molecular weight is 326 g/mol. The number of nitrogens with zero attached hydrogens (tertiary/aromatic N) is 1. The van der Waals surface area contributed by atoms with E-state index in [0.717, 1.165) is 36.9 Å². The predicted octanol–water partition coefficient (Wildman–Crippen LogP) is 3.40. The van der Waals surface area contributed by atoms with E-state index in [9.17, 15) is 9.90 Å². The highest BCUT2D eigenvalue weighted by molar-refractivity contribution is 5.97. The van der Waals surface area contributed by atoms with Crippen LogP contribution in [0.3, 0.4) is 0 Å². The van der Waals surface area contributed by atoms with E-state index in [-0.39, 0.29) is 18.1 Å². The molecular formula is C20H26N2O2. The number of nitrogens with one attached hydrogen (secondary N) is 1. The molecule has 2 aromatic carbocycles. The van der Waals surface area contributed by atoms with Crippen LogP contribution in [0.1, 0.15) is 33.1 Å². The Balaban J connectivity index is 1.68. The second kappa shape index (κ2) is 7.32. The average Bonchev–Trinajstić information content (AvgIpc) is 3.01. The van der Waals surface area contributed by atoms with E-state index in [1.54, 1.807) is 0 Å². The molecule has 0 aromatic heterocycles. The van der Waals surface area contributed by atoms with Crippen LogP contribution in [0.4, 0.5) is 5.69 Å². The van der Waals surface area contributed by atoms with Gasteiger partial charge in [-0.25, -0.2) is 0 Å². The molecule has 3 atom stereocenters. The molecule has 0 spiro atoms. The monoisotopic (exact) mass is 326 g/mol. The van der Waals surface area contributed by atoms with Gasteiger partial charge in [0.1, 0.15) is 0 Å². The van der Waals surface area contributed by atoms with Gasteiger partial charge in [0.2, 0.25) is 5.91 Å². The maximum Gasteiger partial charge on any atom is 0.241 e. The Morgan fingerprint density at radius 2 is 2.00 bits per heavy atom. The molecule has 0 saturated carbocycles. The number of anilines is 1. The first-order valence-electron chi connectivity index (χ1n) is 8.78. The molecule has 1 heterocycles. The number of aliphatic hydroxyl groups is 1. The van der Waals surface area contributed by atoms with Gasteiger partial charge in [-0.05, 0) is 62.6 Å². The molecule has 2 aromatic rings. The molecule has 2 N–H and O–H groups in total. The van der Waals surface area contributed by atoms with Gasteiger partial charge < -0.3 is 10.4 Å². The number of carbonyl (C=O) groups is 1. The fraction of sp³-hybridized carbons (Fsp3) is 0.450. The minimum Gasteiger partial charge on any atom is -0.393 e. The minimum absolute atomic E-state index is 0.0165. The van der Waals surface area contributed by atoms with Gasteiger partial charge in [-0.2, -0.15) is 0 Å². The number of carbonyl (C=O) groups excluding carboxylic acids is 1. The second-order valence-electron chi connectivity index (χ2n) is 6.85. The lowest BCUT2D eigenvalue weighted by Gasteiger charge is -2.30. The predicted molar refractivity (Wildman–Crippen MR) is 98.1 cm³/mol. The smallest absolute Gasteiger partial charge is 0.241 e. The third-order valence-electron chi connectivity index (χ3n) is 4.93. The number of hydrogen-bond acceptors (Lipinski definition) is 3. The molecule has 0 radical (unpaired) electrons. The zero-order valence-corrected chi connectivity index (χ0v) is 14.4. The van der Waals surface area contributed by atoms with E-state index < -0.39 is 0 Å². The van der Waals surface area contributed by atoms with Crippen LogP contribution in [0.25, 0.3) is 10.8 Å². The summed E-state index contributed by atoms with van der Waals surface area (Å²) < 4.78 is 0. The molecule has 0 aliphatic carbocycles. The van der Waals surface area contributed by atoms with Gasteiger partial charge in [0, 0.05) is 11.7 Å². The third kappa shape index (κ3) is 3.77. The third-order valence-corrected chi connectivity index (χ3v) is 4.93. The van der Waals surface area contributed by atoms with Crippen LogP contribution in [0.5, 0.6) is 0 Å². The van der Waals surface area contributed by atoms with E-state index >= 15 is 0 Å². The van der Waals surface area contributed by atoms with Gasteiger partial charge in [-0.3, -0.25) is 9.69 Å². The molecule has 1 fully saturated rings. The van der Waals surface area contributed by atoms with Gasteiger partial charge in [-0.15, -0.1) is 0 Å². The summed E-state index contributed by atoms with van der Waals surface area (Å²) in [5, 5.41) is 15.0.